The van der Waals surface area contributed by atoms with E-state index in [4.69, 9.17) is 0 Å². The normalized spacial score (nSPS) is 30.1. The van der Waals surface area contributed by atoms with E-state index in [1.165, 1.54) is 32.1 Å². The van der Waals surface area contributed by atoms with Gasteiger partial charge in [0, 0.05) is 6.42 Å². The molecule has 70 valence electrons. The number of carbonyl (C=O) groups is 1. The summed E-state index contributed by atoms with van der Waals surface area (Å²) in [7, 11) is 0. The van der Waals surface area contributed by atoms with Crippen LogP contribution in [0.1, 0.15) is 51.9 Å². The highest BCUT2D eigenvalue weighted by Crippen LogP contribution is 2.33. The molecular weight excluding hydrogens is 148 g/mol. The molecule has 0 heterocycles. The summed E-state index contributed by atoms with van der Waals surface area (Å²) in [5, 5.41) is 0. The minimum atomic E-state index is 0.779. The third-order valence-electron chi connectivity index (χ3n) is 3.16. The zero-order valence-corrected chi connectivity index (χ0v) is 8.09. The lowest BCUT2D eigenvalue weighted by molar-refractivity contribution is -0.108. The van der Waals surface area contributed by atoms with Crippen LogP contribution in [0.15, 0.2) is 0 Å². The standard InChI is InChI=1S/C11H20O/c1-2-10-5-3-6-11(9-10)7-4-8-12/h8,10-11H,2-7,9H2,1H3. The van der Waals surface area contributed by atoms with Gasteiger partial charge in [-0.05, 0) is 24.7 Å². The molecule has 0 radical (unpaired) electrons. The first-order valence-corrected chi connectivity index (χ1v) is 5.30. The molecule has 0 N–H and O–H groups in total. The van der Waals surface area contributed by atoms with Crippen LogP contribution in [0.4, 0.5) is 0 Å². The summed E-state index contributed by atoms with van der Waals surface area (Å²) in [4.78, 5) is 10.2. The van der Waals surface area contributed by atoms with Crippen LogP contribution in [-0.4, -0.2) is 6.29 Å². The van der Waals surface area contributed by atoms with Crippen molar-refractivity contribution < 1.29 is 4.79 Å². The van der Waals surface area contributed by atoms with Gasteiger partial charge in [0.2, 0.25) is 0 Å². The maximum Gasteiger partial charge on any atom is 0.120 e. The van der Waals surface area contributed by atoms with Gasteiger partial charge in [0.1, 0.15) is 6.29 Å². The SMILES string of the molecule is CCC1CCCC(CCC=O)C1. The summed E-state index contributed by atoms with van der Waals surface area (Å²) < 4.78 is 0. The fraction of sp³-hybridized carbons (Fsp3) is 0.909. The van der Waals surface area contributed by atoms with Crippen LogP contribution in [-0.2, 0) is 4.79 Å². The highest BCUT2D eigenvalue weighted by molar-refractivity contribution is 5.49. The Kier molecular flexibility index (Phi) is 4.34. The Bertz CT molecular complexity index is 131. The molecule has 1 aliphatic rings. The fourth-order valence-electron chi connectivity index (χ4n) is 2.34. The zero-order valence-electron chi connectivity index (χ0n) is 8.09. The van der Waals surface area contributed by atoms with Gasteiger partial charge in [-0.15, -0.1) is 0 Å². The van der Waals surface area contributed by atoms with Crippen molar-refractivity contribution in [1.82, 2.24) is 0 Å². The first-order valence-electron chi connectivity index (χ1n) is 5.30. The van der Waals surface area contributed by atoms with Crippen molar-refractivity contribution >= 4 is 6.29 Å². The van der Waals surface area contributed by atoms with Crippen LogP contribution >= 0.6 is 0 Å². The van der Waals surface area contributed by atoms with E-state index in [-0.39, 0.29) is 0 Å². The molecule has 0 amide bonds. The molecule has 1 nitrogen and oxygen atoms in total. The molecule has 1 saturated carbocycles. The average Bonchev–Trinajstić information content (AvgIpc) is 2.15. The molecule has 1 rings (SSSR count). The van der Waals surface area contributed by atoms with Crippen molar-refractivity contribution in [3.05, 3.63) is 0 Å². The minimum Gasteiger partial charge on any atom is -0.303 e. The third-order valence-corrected chi connectivity index (χ3v) is 3.16. The van der Waals surface area contributed by atoms with E-state index < -0.39 is 0 Å². The molecule has 2 atom stereocenters. The smallest absolute Gasteiger partial charge is 0.120 e. The fourth-order valence-corrected chi connectivity index (χ4v) is 2.34. The molecule has 1 heteroatoms. The van der Waals surface area contributed by atoms with Gasteiger partial charge in [-0.2, -0.15) is 0 Å². The summed E-state index contributed by atoms with van der Waals surface area (Å²) in [6.07, 6.45) is 9.87. The van der Waals surface area contributed by atoms with Gasteiger partial charge in [-0.25, -0.2) is 0 Å². The van der Waals surface area contributed by atoms with E-state index in [2.05, 4.69) is 6.92 Å². The molecular formula is C11H20O. The second kappa shape index (κ2) is 5.34. The lowest BCUT2D eigenvalue weighted by Crippen LogP contribution is -2.14. The topological polar surface area (TPSA) is 17.1 Å². The van der Waals surface area contributed by atoms with Gasteiger partial charge in [-0.3, -0.25) is 0 Å². The molecule has 12 heavy (non-hydrogen) atoms. The Morgan fingerprint density at radius 2 is 2.08 bits per heavy atom. The molecule has 2 unspecified atom stereocenters. The van der Waals surface area contributed by atoms with Gasteiger partial charge in [0.25, 0.3) is 0 Å². The lowest BCUT2D eigenvalue weighted by Gasteiger charge is -2.27. The Morgan fingerprint density at radius 3 is 2.75 bits per heavy atom. The number of hydrogen-bond acceptors (Lipinski definition) is 1. The minimum absolute atomic E-state index is 0.779. The second-order valence-electron chi connectivity index (χ2n) is 4.05. The molecule has 0 aliphatic heterocycles. The second-order valence-corrected chi connectivity index (χ2v) is 4.05. The van der Waals surface area contributed by atoms with E-state index in [0.29, 0.717) is 0 Å². The largest absolute Gasteiger partial charge is 0.303 e. The molecule has 1 aliphatic carbocycles. The van der Waals surface area contributed by atoms with E-state index >= 15 is 0 Å². The van der Waals surface area contributed by atoms with Crippen LogP contribution in [0, 0.1) is 11.8 Å². The van der Waals surface area contributed by atoms with Crippen molar-refractivity contribution in [2.24, 2.45) is 11.8 Å². The van der Waals surface area contributed by atoms with E-state index in [1.54, 1.807) is 0 Å². The van der Waals surface area contributed by atoms with Crippen LogP contribution in [0.5, 0.6) is 0 Å². The summed E-state index contributed by atoms with van der Waals surface area (Å²) in [6.45, 7) is 2.28. The first kappa shape index (κ1) is 9.76. The van der Waals surface area contributed by atoms with Crippen molar-refractivity contribution in [2.75, 3.05) is 0 Å². The van der Waals surface area contributed by atoms with Crippen LogP contribution in [0.2, 0.25) is 0 Å². The molecule has 0 aromatic carbocycles. The average molecular weight is 168 g/mol. The Labute approximate surface area is 75.5 Å². The maximum absolute atomic E-state index is 10.2. The molecule has 0 spiro atoms. The molecule has 0 saturated heterocycles. The van der Waals surface area contributed by atoms with Crippen LogP contribution in [0.25, 0.3) is 0 Å². The summed E-state index contributed by atoms with van der Waals surface area (Å²) in [5.74, 6) is 1.81. The molecule has 0 bridgehead atoms. The summed E-state index contributed by atoms with van der Waals surface area (Å²) >= 11 is 0. The highest BCUT2D eigenvalue weighted by atomic mass is 16.1. The summed E-state index contributed by atoms with van der Waals surface area (Å²) in [6, 6.07) is 0. The first-order chi connectivity index (χ1) is 5.86. The zero-order chi connectivity index (χ0) is 8.81. The molecule has 0 aromatic rings. The lowest BCUT2D eigenvalue weighted by atomic mass is 9.78. The van der Waals surface area contributed by atoms with Crippen LogP contribution in [0.3, 0.4) is 0 Å². The van der Waals surface area contributed by atoms with Gasteiger partial charge < -0.3 is 4.79 Å². The maximum atomic E-state index is 10.2. The summed E-state index contributed by atoms with van der Waals surface area (Å²) in [5.41, 5.74) is 0. The monoisotopic (exact) mass is 168 g/mol. The number of hydrogen-bond donors (Lipinski definition) is 0. The van der Waals surface area contributed by atoms with E-state index in [9.17, 15) is 4.79 Å². The van der Waals surface area contributed by atoms with Crippen molar-refractivity contribution in [3.63, 3.8) is 0 Å². The third kappa shape index (κ3) is 2.96. The number of rotatable bonds is 4. The van der Waals surface area contributed by atoms with Gasteiger partial charge in [0.15, 0.2) is 0 Å². The predicted octanol–water partition coefficient (Wildman–Crippen LogP) is 3.18. The van der Waals surface area contributed by atoms with Crippen LogP contribution < -0.4 is 0 Å². The number of carbonyl (C=O) groups excluding carboxylic acids is 1. The Morgan fingerprint density at radius 1 is 1.33 bits per heavy atom. The quantitative estimate of drug-likeness (QED) is 0.589. The van der Waals surface area contributed by atoms with Crippen molar-refractivity contribution in [2.45, 2.75) is 51.9 Å². The highest BCUT2D eigenvalue weighted by Gasteiger charge is 2.19. The molecule has 0 aromatic heterocycles. The Balaban J connectivity index is 2.20. The van der Waals surface area contributed by atoms with Crippen molar-refractivity contribution in [1.29, 1.82) is 0 Å². The number of aldehydes is 1. The molecule has 1 fully saturated rings. The van der Waals surface area contributed by atoms with Gasteiger partial charge in [-0.1, -0.05) is 32.6 Å². The van der Waals surface area contributed by atoms with E-state index in [1.807, 2.05) is 0 Å². The predicted molar refractivity (Wildman–Crippen MR) is 51.0 cm³/mol. The van der Waals surface area contributed by atoms with Gasteiger partial charge in [0.05, 0.1) is 0 Å². The Hall–Kier alpha value is -0.330. The van der Waals surface area contributed by atoms with E-state index in [0.717, 1.165) is 31.0 Å². The van der Waals surface area contributed by atoms with Gasteiger partial charge >= 0.3 is 0 Å². The van der Waals surface area contributed by atoms with Crippen molar-refractivity contribution in [3.8, 4) is 0 Å².